The van der Waals surface area contributed by atoms with E-state index >= 15 is 0 Å². The zero-order chi connectivity index (χ0) is 18.6. The van der Waals surface area contributed by atoms with Crippen molar-refractivity contribution >= 4 is 5.69 Å². The van der Waals surface area contributed by atoms with Crippen LogP contribution in [-0.2, 0) is 16.0 Å². The Bertz CT molecular complexity index is 892. The van der Waals surface area contributed by atoms with Gasteiger partial charge in [-0.3, -0.25) is 4.68 Å². The quantitative estimate of drug-likeness (QED) is 0.680. The number of hydrogen-bond donors (Lipinski definition) is 1. The van der Waals surface area contributed by atoms with Crippen LogP contribution < -0.4 is 10.5 Å². The molecule has 4 rings (SSSR count). The molecule has 6 nitrogen and oxygen atoms in total. The van der Waals surface area contributed by atoms with E-state index in [2.05, 4.69) is 0 Å². The smallest absolute Gasteiger partial charge is 0.150 e. The molecule has 2 heterocycles. The minimum atomic E-state index is -0.118. The van der Waals surface area contributed by atoms with Gasteiger partial charge in [-0.1, -0.05) is 24.3 Å². The molecule has 1 unspecified atom stereocenters. The molecule has 2 atom stereocenters. The van der Waals surface area contributed by atoms with Crippen LogP contribution in [-0.4, -0.2) is 42.3 Å². The first-order valence-corrected chi connectivity index (χ1v) is 8.97. The Morgan fingerprint density at radius 1 is 1.07 bits per heavy atom. The second kappa shape index (κ2) is 7.82. The largest absolute Gasteiger partial charge is 0.484 e. The van der Waals surface area contributed by atoms with Crippen LogP contribution in [0.5, 0.6) is 5.75 Å². The summed E-state index contributed by atoms with van der Waals surface area (Å²) in [6.45, 7) is 1.77. The van der Waals surface area contributed by atoms with E-state index in [-0.39, 0.29) is 12.2 Å². The molecular weight excluding hydrogens is 342 g/mol. The van der Waals surface area contributed by atoms with Crippen LogP contribution in [0.3, 0.4) is 0 Å². The molecule has 6 heteroatoms. The van der Waals surface area contributed by atoms with Crippen LogP contribution in [0.25, 0.3) is 11.3 Å². The van der Waals surface area contributed by atoms with Gasteiger partial charge < -0.3 is 19.9 Å². The van der Waals surface area contributed by atoms with Gasteiger partial charge in [-0.2, -0.15) is 5.10 Å². The Hall–Kier alpha value is -2.83. The fourth-order valence-electron chi connectivity index (χ4n) is 3.19. The minimum absolute atomic E-state index is 0.0545. The second-order valence-electron chi connectivity index (χ2n) is 6.60. The summed E-state index contributed by atoms with van der Waals surface area (Å²) in [5.74, 6) is 0.785. The van der Waals surface area contributed by atoms with Gasteiger partial charge in [0.2, 0.25) is 0 Å². The third-order valence-electron chi connectivity index (χ3n) is 4.69. The maximum Gasteiger partial charge on any atom is 0.150 e. The van der Waals surface area contributed by atoms with Gasteiger partial charge >= 0.3 is 0 Å². The third kappa shape index (κ3) is 3.97. The van der Waals surface area contributed by atoms with Crippen molar-refractivity contribution in [3.63, 3.8) is 0 Å². The van der Waals surface area contributed by atoms with Crippen molar-refractivity contribution in [1.29, 1.82) is 0 Å². The van der Waals surface area contributed by atoms with Gasteiger partial charge in [0.25, 0.3) is 0 Å². The molecule has 2 aromatic carbocycles. The molecule has 0 radical (unpaired) electrons. The molecule has 1 aromatic heterocycles. The Morgan fingerprint density at radius 2 is 1.85 bits per heavy atom. The molecule has 1 aliphatic rings. The van der Waals surface area contributed by atoms with Crippen molar-refractivity contribution in [2.45, 2.75) is 18.8 Å². The van der Waals surface area contributed by atoms with Crippen molar-refractivity contribution in [2.75, 3.05) is 26.1 Å². The predicted octanol–water partition coefficient (Wildman–Crippen LogP) is 2.97. The lowest BCUT2D eigenvalue weighted by Gasteiger charge is -2.19. The Morgan fingerprint density at radius 3 is 2.67 bits per heavy atom. The van der Waals surface area contributed by atoms with E-state index < -0.39 is 0 Å². The highest BCUT2D eigenvalue weighted by Gasteiger charge is 2.30. The number of nitrogens with zero attached hydrogens (tertiary/aromatic N) is 2. The van der Waals surface area contributed by atoms with Crippen molar-refractivity contribution in [3.8, 4) is 17.0 Å². The van der Waals surface area contributed by atoms with Crippen LogP contribution in [0.15, 0.2) is 60.8 Å². The Kier molecular flexibility index (Phi) is 5.09. The van der Waals surface area contributed by atoms with Crippen LogP contribution in [0.2, 0.25) is 0 Å². The van der Waals surface area contributed by atoms with E-state index in [4.69, 9.17) is 25.0 Å². The van der Waals surface area contributed by atoms with E-state index in [1.807, 2.05) is 65.5 Å². The summed E-state index contributed by atoms with van der Waals surface area (Å²) < 4.78 is 19.0. The van der Waals surface area contributed by atoms with Gasteiger partial charge in [-0.15, -0.1) is 0 Å². The molecule has 0 saturated carbocycles. The van der Waals surface area contributed by atoms with Gasteiger partial charge in [0, 0.05) is 24.6 Å². The molecule has 1 saturated heterocycles. The van der Waals surface area contributed by atoms with Gasteiger partial charge in [-0.05, 0) is 35.9 Å². The summed E-state index contributed by atoms with van der Waals surface area (Å²) in [5, 5.41) is 4.72. The molecule has 0 spiro atoms. The van der Waals surface area contributed by atoms with Gasteiger partial charge in [-0.25, -0.2) is 0 Å². The SMILES string of the molecule is COC1COC[C@H]1Oc1ccccc1-c1ccn(Cc2ccc(N)cc2)n1. The summed E-state index contributed by atoms with van der Waals surface area (Å²) in [5.41, 5.74) is 9.48. The van der Waals surface area contributed by atoms with Crippen molar-refractivity contribution in [2.24, 2.45) is 0 Å². The van der Waals surface area contributed by atoms with Crippen LogP contribution in [0.1, 0.15) is 5.56 Å². The number of ether oxygens (including phenoxy) is 3. The van der Waals surface area contributed by atoms with Crippen molar-refractivity contribution in [3.05, 3.63) is 66.4 Å². The highest BCUT2D eigenvalue weighted by Crippen LogP contribution is 2.30. The summed E-state index contributed by atoms with van der Waals surface area (Å²) in [4.78, 5) is 0. The first-order valence-electron chi connectivity index (χ1n) is 8.97. The zero-order valence-electron chi connectivity index (χ0n) is 15.2. The standard InChI is InChI=1S/C21H23N3O3/c1-25-20-13-26-14-21(20)27-19-5-3-2-4-17(19)18-10-11-24(23-18)12-15-6-8-16(22)9-7-15/h2-11,20-21H,12-14,22H2,1H3/t20?,21-/m1/s1. The van der Waals surface area contributed by atoms with E-state index in [1.165, 1.54) is 0 Å². The summed E-state index contributed by atoms with van der Waals surface area (Å²) >= 11 is 0. The first-order chi connectivity index (χ1) is 13.2. The number of rotatable bonds is 6. The van der Waals surface area contributed by atoms with E-state index in [1.54, 1.807) is 7.11 Å². The van der Waals surface area contributed by atoms with E-state index in [0.717, 1.165) is 28.3 Å². The summed E-state index contributed by atoms with van der Waals surface area (Å²) in [7, 11) is 1.68. The monoisotopic (exact) mass is 365 g/mol. The fourth-order valence-corrected chi connectivity index (χ4v) is 3.19. The molecule has 2 N–H and O–H groups in total. The van der Waals surface area contributed by atoms with E-state index in [0.29, 0.717) is 19.8 Å². The van der Waals surface area contributed by atoms with Gasteiger partial charge in [0.15, 0.2) is 6.10 Å². The topological polar surface area (TPSA) is 71.5 Å². The summed E-state index contributed by atoms with van der Waals surface area (Å²) in [6, 6.07) is 17.7. The molecule has 27 heavy (non-hydrogen) atoms. The third-order valence-corrected chi connectivity index (χ3v) is 4.69. The highest BCUT2D eigenvalue weighted by molar-refractivity contribution is 5.66. The molecule has 140 valence electrons. The Balaban J connectivity index is 1.53. The fraction of sp³-hybridized carbons (Fsp3) is 0.286. The van der Waals surface area contributed by atoms with Crippen molar-refractivity contribution < 1.29 is 14.2 Å². The maximum atomic E-state index is 6.19. The molecule has 0 bridgehead atoms. The van der Waals surface area contributed by atoms with Gasteiger partial charge in [0.05, 0.1) is 25.5 Å². The number of anilines is 1. The molecule has 1 fully saturated rings. The predicted molar refractivity (Wildman–Crippen MR) is 104 cm³/mol. The lowest BCUT2D eigenvalue weighted by molar-refractivity contribution is 0.0328. The molecule has 0 aliphatic carbocycles. The lowest BCUT2D eigenvalue weighted by Crippen LogP contribution is -2.31. The summed E-state index contributed by atoms with van der Waals surface area (Å²) in [6.07, 6.45) is 1.80. The van der Waals surface area contributed by atoms with Crippen molar-refractivity contribution in [1.82, 2.24) is 9.78 Å². The molecular formula is C21H23N3O3. The number of para-hydroxylation sites is 1. The average Bonchev–Trinajstić information content (AvgIpc) is 3.33. The number of nitrogen functional groups attached to an aromatic ring is 1. The molecule has 1 aliphatic heterocycles. The number of nitrogens with two attached hydrogens (primary N) is 1. The maximum absolute atomic E-state index is 6.19. The average molecular weight is 365 g/mol. The van der Waals surface area contributed by atoms with Crippen LogP contribution >= 0.6 is 0 Å². The number of benzene rings is 2. The number of aromatic nitrogens is 2. The molecule has 3 aromatic rings. The number of methoxy groups -OCH3 is 1. The normalized spacial score (nSPS) is 19.3. The first kappa shape index (κ1) is 17.6. The lowest BCUT2D eigenvalue weighted by atomic mass is 10.1. The number of hydrogen-bond acceptors (Lipinski definition) is 5. The van der Waals surface area contributed by atoms with Gasteiger partial charge in [0.1, 0.15) is 11.9 Å². The highest BCUT2D eigenvalue weighted by atomic mass is 16.6. The van der Waals surface area contributed by atoms with Crippen LogP contribution in [0.4, 0.5) is 5.69 Å². The van der Waals surface area contributed by atoms with Crippen LogP contribution in [0, 0.1) is 0 Å². The van der Waals surface area contributed by atoms with E-state index in [9.17, 15) is 0 Å². The Labute approximate surface area is 158 Å². The zero-order valence-corrected chi connectivity index (χ0v) is 15.2. The minimum Gasteiger partial charge on any atom is -0.484 e. The molecule has 0 amide bonds. The second-order valence-corrected chi connectivity index (χ2v) is 6.60.